The number of benzene rings is 1. The second kappa shape index (κ2) is 7.57. The van der Waals surface area contributed by atoms with Crippen molar-refractivity contribution in [1.29, 1.82) is 0 Å². The number of nitrogens with zero attached hydrogens (tertiary/aromatic N) is 4. The van der Waals surface area contributed by atoms with Gasteiger partial charge in [-0.1, -0.05) is 0 Å². The van der Waals surface area contributed by atoms with E-state index < -0.39 is 10.8 Å². The van der Waals surface area contributed by atoms with Crippen molar-refractivity contribution in [1.82, 2.24) is 19.7 Å². The van der Waals surface area contributed by atoms with Gasteiger partial charge in [0.05, 0.1) is 0 Å². The monoisotopic (exact) mass is 347 g/mol. The number of hydrogen-bond acceptors (Lipinski definition) is 4. The second-order valence-corrected chi connectivity index (χ2v) is 7.34. The number of hydrogen-bond donors (Lipinski definition) is 1. The Hall–Kier alpha value is -2.22. The van der Waals surface area contributed by atoms with Gasteiger partial charge in [-0.15, -0.1) is 0 Å². The van der Waals surface area contributed by atoms with Crippen LogP contribution in [0.3, 0.4) is 0 Å². The van der Waals surface area contributed by atoms with Gasteiger partial charge in [-0.2, -0.15) is 5.10 Å². The summed E-state index contributed by atoms with van der Waals surface area (Å²) in [5.41, 5.74) is 0.721. The maximum absolute atomic E-state index is 12.3. The van der Waals surface area contributed by atoms with Crippen LogP contribution in [0.4, 0.5) is 10.5 Å². The van der Waals surface area contributed by atoms with Gasteiger partial charge in [-0.3, -0.25) is 8.89 Å². The fraction of sp³-hybridized carbons (Fsp3) is 0.438. The molecule has 8 heteroatoms. The van der Waals surface area contributed by atoms with Gasteiger partial charge < -0.3 is 10.2 Å². The van der Waals surface area contributed by atoms with E-state index in [4.69, 9.17) is 0 Å². The van der Waals surface area contributed by atoms with Crippen LogP contribution in [0, 0.1) is 5.92 Å². The first-order chi connectivity index (χ1) is 11.6. The molecule has 0 radical (unpaired) electrons. The lowest BCUT2D eigenvalue weighted by Gasteiger charge is -2.31. The Labute approximate surface area is 143 Å². The lowest BCUT2D eigenvalue weighted by molar-refractivity contribution is 0.175. The average molecular weight is 347 g/mol. The molecule has 0 bridgehead atoms. The van der Waals surface area contributed by atoms with Crippen LogP contribution in [0.2, 0.25) is 0 Å². The molecule has 1 atom stereocenters. The maximum Gasteiger partial charge on any atom is 0.321 e. The number of likely N-dealkylation sites (tertiary alicyclic amines) is 1. The molecule has 2 amide bonds. The normalized spacial score (nSPS) is 16.8. The number of nitrogens with one attached hydrogen (secondary N) is 1. The summed E-state index contributed by atoms with van der Waals surface area (Å²) in [6.07, 6.45) is 6.83. The SMILES string of the molecule is CS(=O)c1ccc(NC(=O)N2CCC(Cn3cncn3)CC2)cc1. The highest BCUT2D eigenvalue weighted by Gasteiger charge is 2.23. The Morgan fingerprint density at radius 1 is 1.29 bits per heavy atom. The third-order valence-electron chi connectivity index (χ3n) is 4.25. The molecule has 0 saturated carbocycles. The van der Waals surface area contributed by atoms with Crippen LogP contribution in [-0.4, -0.2) is 49.2 Å². The van der Waals surface area contributed by atoms with E-state index in [1.54, 1.807) is 43.2 Å². The van der Waals surface area contributed by atoms with Crippen molar-refractivity contribution in [3.63, 3.8) is 0 Å². The zero-order valence-corrected chi connectivity index (χ0v) is 14.4. The van der Waals surface area contributed by atoms with Crippen LogP contribution < -0.4 is 5.32 Å². The maximum atomic E-state index is 12.3. The van der Waals surface area contributed by atoms with E-state index in [-0.39, 0.29) is 6.03 Å². The predicted molar refractivity (Wildman–Crippen MR) is 92.1 cm³/mol. The molecule has 1 fully saturated rings. The molecule has 0 aliphatic carbocycles. The lowest BCUT2D eigenvalue weighted by atomic mass is 9.97. The molecule has 1 unspecified atom stereocenters. The lowest BCUT2D eigenvalue weighted by Crippen LogP contribution is -2.41. The number of carbonyl (C=O) groups is 1. The first-order valence-electron chi connectivity index (χ1n) is 7.93. The predicted octanol–water partition coefficient (Wildman–Crippen LogP) is 1.96. The first kappa shape index (κ1) is 16.6. The third kappa shape index (κ3) is 4.19. The molecule has 0 spiro atoms. The number of urea groups is 1. The van der Waals surface area contributed by atoms with Gasteiger partial charge in [0.25, 0.3) is 0 Å². The molecule has 24 heavy (non-hydrogen) atoms. The Kier molecular flexibility index (Phi) is 5.24. The van der Waals surface area contributed by atoms with Crippen molar-refractivity contribution in [3.8, 4) is 0 Å². The largest absolute Gasteiger partial charge is 0.325 e. The van der Waals surface area contributed by atoms with Gasteiger partial charge in [-0.25, -0.2) is 9.78 Å². The van der Waals surface area contributed by atoms with Crippen molar-refractivity contribution < 1.29 is 9.00 Å². The topological polar surface area (TPSA) is 80.1 Å². The fourth-order valence-corrected chi connectivity index (χ4v) is 3.36. The van der Waals surface area contributed by atoms with Crippen molar-refractivity contribution in [3.05, 3.63) is 36.9 Å². The van der Waals surface area contributed by atoms with Gasteiger partial charge in [0.2, 0.25) is 0 Å². The highest BCUT2D eigenvalue weighted by Crippen LogP contribution is 2.20. The molecule has 7 nitrogen and oxygen atoms in total. The Morgan fingerprint density at radius 2 is 2.00 bits per heavy atom. The minimum absolute atomic E-state index is 0.0837. The summed E-state index contributed by atoms with van der Waals surface area (Å²) >= 11 is 0. The highest BCUT2D eigenvalue weighted by atomic mass is 32.2. The minimum atomic E-state index is -1.01. The summed E-state index contributed by atoms with van der Waals surface area (Å²) in [6.45, 7) is 2.33. The van der Waals surface area contributed by atoms with Crippen LogP contribution in [-0.2, 0) is 17.3 Å². The summed E-state index contributed by atoms with van der Waals surface area (Å²) in [6, 6.07) is 7.03. The summed E-state index contributed by atoms with van der Waals surface area (Å²) in [5, 5.41) is 7.03. The number of piperidine rings is 1. The number of amides is 2. The standard InChI is InChI=1S/C16H21N5O2S/c1-24(23)15-4-2-14(3-5-15)19-16(22)20-8-6-13(7-9-20)10-21-12-17-11-18-21/h2-5,11-13H,6-10H2,1H3,(H,19,22). The summed E-state index contributed by atoms with van der Waals surface area (Å²) in [4.78, 5) is 18.9. The summed E-state index contributed by atoms with van der Waals surface area (Å²) in [5.74, 6) is 0.523. The zero-order valence-electron chi connectivity index (χ0n) is 13.6. The quantitative estimate of drug-likeness (QED) is 0.917. The molecule has 1 N–H and O–H groups in total. The van der Waals surface area contributed by atoms with Crippen LogP contribution >= 0.6 is 0 Å². The van der Waals surface area contributed by atoms with Crippen molar-refractivity contribution >= 4 is 22.5 Å². The van der Waals surface area contributed by atoms with Crippen molar-refractivity contribution in [2.24, 2.45) is 5.92 Å². The van der Waals surface area contributed by atoms with Gasteiger partial charge in [-0.05, 0) is 43.0 Å². The zero-order chi connectivity index (χ0) is 16.9. The van der Waals surface area contributed by atoms with Gasteiger partial charge >= 0.3 is 6.03 Å². The van der Waals surface area contributed by atoms with E-state index in [0.717, 1.165) is 43.1 Å². The highest BCUT2D eigenvalue weighted by molar-refractivity contribution is 7.84. The molecule has 128 valence electrons. The number of carbonyl (C=O) groups excluding carboxylic acids is 1. The number of aromatic nitrogens is 3. The van der Waals surface area contributed by atoms with E-state index >= 15 is 0 Å². The molecular formula is C16H21N5O2S. The molecule has 2 aromatic rings. The second-order valence-electron chi connectivity index (χ2n) is 5.96. The van der Waals surface area contributed by atoms with E-state index in [1.165, 1.54) is 0 Å². The molecule has 1 aromatic heterocycles. The van der Waals surface area contributed by atoms with Crippen molar-refractivity contribution in [2.45, 2.75) is 24.3 Å². The molecule has 3 rings (SSSR count). The Morgan fingerprint density at radius 3 is 2.58 bits per heavy atom. The van der Waals surface area contributed by atoms with Gasteiger partial charge in [0.15, 0.2) is 0 Å². The van der Waals surface area contributed by atoms with E-state index in [2.05, 4.69) is 15.4 Å². The summed E-state index contributed by atoms with van der Waals surface area (Å²) in [7, 11) is -1.01. The molecule has 1 aliphatic rings. The van der Waals surface area contributed by atoms with Crippen LogP contribution in [0.25, 0.3) is 0 Å². The van der Waals surface area contributed by atoms with Crippen LogP contribution in [0.1, 0.15) is 12.8 Å². The smallest absolute Gasteiger partial charge is 0.321 e. The van der Waals surface area contributed by atoms with E-state index in [1.807, 2.05) is 9.58 Å². The average Bonchev–Trinajstić information content (AvgIpc) is 3.09. The molecule has 1 aromatic carbocycles. The minimum Gasteiger partial charge on any atom is -0.325 e. The molecular weight excluding hydrogens is 326 g/mol. The molecule has 1 saturated heterocycles. The van der Waals surface area contributed by atoms with Crippen molar-refractivity contribution in [2.75, 3.05) is 24.7 Å². The number of anilines is 1. The van der Waals surface area contributed by atoms with E-state index in [9.17, 15) is 9.00 Å². The van der Waals surface area contributed by atoms with Crippen LogP contribution in [0.5, 0.6) is 0 Å². The molecule has 2 heterocycles. The first-order valence-corrected chi connectivity index (χ1v) is 9.49. The fourth-order valence-electron chi connectivity index (χ4n) is 2.84. The van der Waals surface area contributed by atoms with Crippen LogP contribution in [0.15, 0.2) is 41.8 Å². The third-order valence-corrected chi connectivity index (χ3v) is 5.19. The Bertz CT molecular complexity index is 694. The van der Waals surface area contributed by atoms with Gasteiger partial charge in [0.1, 0.15) is 12.7 Å². The van der Waals surface area contributed by atoms with Gasteiger partial charge in [0, 0.05) is 47.3 Å². The molecule has 1 aliphatic heterocycles. The number of rotatable bonds is 4. The Balaban J connectivity index is 1.49. The van der Waals surface area contributed by atoms with E-state index in [0.29, 0.717) is 5.92 Å². The summed E-state index contributed by atoms with van der Waals surface area (Å²) < 4.78 is 13.2.